The van der Waals surface area contributed by atoms with Crippen molar-refractivity contribution in [3.63, 3.8) is 0 Å². The van der Waals surface area contributed by atoms with Gasteiger partial charge in [0.2, 0.25) is 11.7 Å². The van der Waals surface area contributed by atoms with Crippen LogP contribution in [0.3, 0.4) is 0 Å². The Morgan fingerprint density at radius 2 is 1.83 bits per heavy atom. The molecule has 15 heteroatoms. The Bertz CT molecular complexity index is 1890. The molecule has 12 nitrogen and oxygen atoms in total. The van der Waals surface area contributed by atoms with Gasteiger partial charge in [0.15, 0.2) is 0 Å². The summed E-state index contributed by atoms with van der Waals surface area (Å²) in [5.74, 6) is -1.97. The molecule has 4 aromatic rings. The predicted octanol–water partition coefficient (Wildman–Crippen LogP) is 3.56. The normalized spacial score (nSPS) is 11.4. The number of Topliss-reactive ketones (excluding diaryl/α,β-unsaturated/α-hetero) is 1. The standard InChI is InChI=1S/C31H30ClFN6O6S/c1-46(43,44)13-12-34-11-3-6-29(41)35-17-27(40)31(42)39-22-7-9-26-24(15-22)30(37-19-36-26)38-23-8-10-28(25(32)16-23)45-18-20-4-2-5-21(33)14-20/h2-10,14-16,19,34H,11-13,17-18H2,1H3,(H,35,41)(H,39,42)(H,36,37,38)/b6-3+. The zero-order valence-corrected chi connectivity index (χ0v) is 26.1. The van der Waals surface area contributed by atoms with Gasteiger partial charge in [-0.05, 0) is 54.1 Å². The van der Waals surface area contributed by atoms with Crippen LogP contribution in [0.4, 0.5) is 21.6 Å². The number of sulfone groups is 1. The molecule has 3 aromatic carbocycles. The number of aromatic nitrogens is 2. The first-order valence-corrected chi connectivity index (χ1v) is 16.3. The van der Waals surface area contributed by atoms with Crippen molar-refractivity contribution in [1.82, 2.24) is 20.6 Å². The lowest BCUT2D eigenvalue weighted by molar-refractivity contribution is -0.134. The number of nitrogens with zero attached hydrogens (tertiary/aromatic N) is 2. The van der Waals surface area contributed by atoms with Crippen LogP contribution in [0, 0.1) is 5.82 Å². The first kappa shape index (κ1) is 34.0. The van der Waals surface area contributed by atoms with E-state index in [2.05, 4.69) is 31.2 Å². The van der Waals surface area contributed by atoms with Crippen molar-refractivity contribution >= 4 is 67.1 Å². The SMILES string of the molecule is CS(=O)(=O)CCNC/C=C/C(=O)NCC(=O)C(=O)Nc1ccc2ncnc(Nc3ccc(OCc4cccc(F)c4)c(Cl)c3)c2c1. The number of hydrogen-bond acceptors (Lipinski definition) is 10. The first-order chi connectivity index (χ1) is 22.0. The highest BCUT2D eigenvalue weighted by molar-refractivity contribution is 7.90. The minimum Gasteiger partial charge on any atom is -0.487 e. The number of carbonyl (C=O) groups is 3. The van der Waals surface area contributed by atoms with Crippen molar-refractivity contribution in [3.05, 3.63) is 95.5 Å². The molecule has 1 heterocycles. The van der Waals surface area contributed by atoms with Gasteiger partial charge in [0, 0.05) is 42.2 Å². The molecule has 4 rings (SSSR count). The highest BCUT2D eigenvalue weighted by Gasteiger charge is 2.16. The van der Waals surface area contributed by atoms with Gasteiger partial charge in [0.05, 0.1) is 22.8 Å². The summed E-state index contributed by atoms with van der Waals surface area (Å²) >= 11 is 6.42. The van der Waals surface area contributed by atoms with Gasteiger partial charge >= 0.3 is 0 Å². The summed E-state index contributed by atoms with van der Waals surface area (Å²) in [7, 11) is -3.08. The first-order valence-electron chi connectivity index (χ1n) is 13.8. The van der Waals surface area contributed by atoms with Gasteiger partial charge in [-0.1, -0.05) is 29.8 Å². The Balaban J connectivity index is 1.32. The van der Waals surface area contributed by atoms with E-state index < -0.39 is 34.0 Å². The van der Waals surface area contributed by atoms with E-state index in [1.165, 1.54) is 30.6 Å². The molecule has 4 N–H and O–H groups in total. The topological polar surface area (TPSA) is 168 Å². The van der Waals surface area contributed by atoms with Crippen LogP contribution in [0.15, 0.2) is 79.1 Å². The van der Waals surface area contributed by atoms with Crippen LogP contribution in [0.25, 0.3) is 10.9 Å². The Kier molecular flexibility index (Phi) is 11.7. The molecular formula is C31H30ClFN6O6S. The third-order valence-electron chi connectivity index (χ3n) is 6.23. The third-order valence-corrected chi connectivity index (χ3v) is 7.47. The summed E-state index contributed by atoms with van der Waals surface area (Å²) in [6, 6.07) is 15.9. The number of ether oxygens (including phenoxy) is 1. The third kappa shape index (κ3) is 10.6. The molecule has 0 unspecified atom stereocenters. The van der Waals surface area contributed by atoms with Crippen LogP contribution in [0.2, 0.25) is 5.02 Å². The fourth-order valence-electron chi connectivity index (χ4n) is 3.97. The van der Waals surface area contributed by atoms with Crippen LogP contribution in [0.1, 0.15) is 5.56 Å². The Morgan fingerprint density at radius 3 is 2.59 bits per heavy atom. The number of fused-ring (bicyclic) bond motifs is 1. The Labute approximate surface area is 269 Å². The number of hydrogen-bond donors (Lipinski definition) is 4. The molecule has 0 aliphatic carbocycles. The molecule has 0 saturated heterocycles. The minimum atomic E-state index is -3.08. The van der Waals surface area contributed by atoms with Crippen molar-refractivity contribution < 1.29 is 31.9 Å². The summed E-state index contributed by atoms with van der Waals surface area (Å²) in [4.78, 5) is 45.3. The van der Waals surface area contributed by atoms with Gasteiger partial charge in [-0.15, -0.1) is 0 Å². The van der Waals surface area contributed by atoms with Crippen molar-refractivity contribution in [2.45, 2.75) is 6.61 Å². The van der Waals surface area contributed by atoms with E-state index in [0.29, 0.717) is 44.4 Å². The molecule has 0 bridgehead atoms. The van der Waals surface area contributed by atoms with E-state index in [4.69, 9.17) is 16.3 Å². The number of nitrogens with one attached hydrogen (secondary N) is 4. The molecular weight excluding hydrogens is 639 g/mol. The lowest BCUT2D eigenvalue weighted by atomic mass is 10.2. The number of benzene rings is 3. The van der Waals surface area contributed by atoms with Crippen LogP contribution in [-0.2, 0) is 30.8 Å². The Morgan fingerprint density at radius 1 is 1.02 bits per heavy atom. The number of halogens is 2. The highest BCUT2D eigenvalue weighted by atomic mass is 35.5. The second kappa shape index (κ2) is 15.9. The lowest BCUT2D eigenvalue weighted by Gasteiger charge is -2.12. The highest BCUT2D eigenvalue weighted by Crippen LogP contribution is 2.31. The van der Waals surface area contributed by atoms with E-state index >= 15 is 0 Å². The minimum absolute atomic E-state index is 0.0291. The number of rotatable bonds is 15. The molecule has 1 aromatic heterocycles. The van der Waals surface area contributed by atoms with Crippen LogP contribution in [0.5, 0.6) is 5.75 Å². The lowest BCUT2D eigenvalue weighted by Crippen LogP contribution is -2.35. The maximum absolute atomic E-state index is 13.4. The number of carbonyl (C=O) groups excluding carboxylic acids is 3. The fourth-order valence-corrected chi connectivity index (χ4v) is 4.72. The number of ketones is 1. The maximum atomic E-state index is 13.4. The van der Waals surface area contributed by atoms with Crippen LogP contribution < -0.4 is 26.0 Å². The Hall–Kier alpha value is -4.92. The molecule has 0 spiro atoms. The zero-order chi connectivity index (χ0) is 33.1. The van der Waals surface area contributed by atoms with E-state index in [-0.39, 0.29) is 31.3 Å². The summed E-state index contributed by atoms with van der Waals surface area (Å²) in [6.45, 7) is 0.0992. The molecule has 0 saturated carbocycles. The van der Waals surface area contributed by atoms with Gasteiger partial charge in [-0.2, -0.15) is 0 Å². The fraction of sp³-hybridized carbons (Fsp3) is 0.194. The average molecular weight is 669 g/mol. The summed E-state index contributed by atoms with van der Waals surface area (Å²) in [6.07, 6.45) is 5.14. The van der Waals surface area contributed by atoms with E-state index in [0.717, 1.165) is 6.26 Å². The van der Waals surface area contributed by atoms with Gasteiger partial charge in [0.1, 0.15) is 40.2 Å². The van der Waals surface area contributed by atoms with E-state index in [9.17, 15) is 27.2 Å². The van der Waals surface area contributed by atoms with Gasteiger partial charge in [-0.3, -0.25) is 14.4 Å². The van der Waals surface area contributed by atoms with E-state index in [1.54, 1.807) is 48.5 Å². The quantitative estimate of drug-likeness (QED) is 0.0835. The molecule has 2 amide bonds. The summed E-state index contributed by atoms with van der Waals surface area (Å²) in [5, 5.41) is 11.7. The monoisotopic (exact) mass is 668 g/mol. The smallest absolute Gasteiger partial charge is 0.293 e. The van der Waals surface area contributed by atoms with Gasteiger partial charge < -0.3 is 26.0 Å². The van der Waals surface area contributed by atoms with Gasteiger partial charge in [0.25, 0.3) is 5.91 Å². The van der Waals surface area contributed by atoms with Crippen LogP contribution in [-0.4, -0.2) is 67.6 Å². The summed E-state index contributed by atoms with van der Waals surface area (Å²) in [5.41, 5.74) is 2.10. The second-order valence-corrected chi connectivity index (χ2v) is 12.6. The maximum Gasteiger partial charge on any atom is 0.293 e. The van der Waals surface area contributed by atoms with Crippen LogP contribution >= 0.6 is 11.6 Å². The molecule has 0 fully saturated rings. The van der Waals surface area contributed by atoms with Crippen molar-refractivity contribution in [2.24, 2.45) is 0 Å². The van der Waals surface area contributed by atoms with Crippen molar-refractivity contribution in [3.8, 4) is 5.75 Å². The van der Waals surface area contributed by atoms with Crippen molar-refractivity contribution in [2.75, 3.05) is 42.3 Å². The second-order valence-electron chi connectivity index (χ2n) is 9.97. The molecule has 240 valence electrons. The molecule has 0 radical (unpaired) electrons. The zero-order valence-electron chi connectivity index (χ0n) is 24.5. The molecule has 46 heavy (non-hydrogen) atoms. The largest absolute Gasteiger partial charge is 0.487 e. The van der Waals surface area contributed by atoms with Crippen molar-refractivity contribution in [1.29, 1.82) is 0 Å². The predicted molar refractivity (Wildman–Crippen MR) is 173 cm³/mol. The molecule has 0 aliphatic rings. The number of anilines is 3. The van der Waals surface area contributed by atoms with Gasteiger partial charge in [-0.25, -0.2) is 22.8 Å². The average Bonchev–Trinajstić information content (AvgIpc) is 3.01. The van der Waals surface area contributed by atoms with E-state index in [1.807, 2.05) is 0 Å². The molecule has 0 atom stereocenters. The number of amides is 2. The molecule has 0 aliphatic heterocycles. The summed E-state index contributed by atoms with van der Waals surface area (Å²) < 4.78 is 41.4.